The van der Waals surface area contributed by atoms with Crippen molar-refractivity contribution in [2.45, 2.75) is 64.0 Å². The molecule has 0 radical (unpaired) electrons. The largest absolute Gasteiger partial charge is 0.337 e. The lowest BCUT2D eigenvalue weighted by Crippen LogP contribution is -2.45. The van der Waals surface area contributed by atoms with Crippen LogP contribution in [0.3, 0.4) is 0 Å². The van der Waals surface area contributed by atoms with E-state index in [0.717, 1.165) is 22.1 Å². The minimum absolute atomic E-state index is 0.135. The second-order valence-electron chi connectivity index (χ2n) is 6.87. The Balaban J connectivity index is 2.21. The van der Waals surface area contributed by atoms with Gasteiger partial charge in [-0.15, -0.1) is 10.2 Å². The van der Waals surface area contributed by atoms with Crippen LogP contribution in [0, 0.1) is 6.92 Å². The topological polar surface area (TPSA) is 51.0 Å². The third-order valence-corrected chi connectivity index (χ3v) is 5.34. The number of amides is 1. The molecule has 136 valence electrons. The van der Waals surface area contributed by atoms with Gasteiger partial charge in [-0.05, 0) is 47.1 Å². The average molecular weight is 361 g/mol. The van der Waals surface area contributed by atoms with Crippen LogP contribution in [-0.2, 0) is 11.8 Å². The van der Waals surface area contributed by atoms with E-state index in [1.807, 2.05) is 69.3 Å². The zero-order chi connectivity index (χ0) is 18.7. The summed E-state index contributed by atoms with van der Waals surface area (Å²) in [5.74, 6) is 0.959. The van der Waals surface area contributed by atoms with Crippen LogP contribution < -0.4 is 0 Å². The van der Waals surface area contributed by atoms with Crippen molar-refractivity contribution >= 4 is 17.7 Å². The first kappa shape index (κ1) is 19.5. The van der Waals surface area contributed by atoms with E-state index < -0.39 is 0 Å². The summed E-state index contributed by atoms with van der Waals surface area (Å²) in [5.41, 5.74) is 2.22. The highest BCUT2D eigenvalue weighted by Gasteiger charge is 2.27. The quantitative estimate of drug-likeness (QED) is 0.733. The average Bonchev–Trinajstić information content (AvgIpc) is 2.88. The van der Waals surface area contributed by atoms with Gasteiger partial charge in [0.2, 0.25) is 5.91 Å². The Morgan fingerprint density at radius 2 is 1.68 bits per heavy atom. The molecule has 0 saturated heterocycles. The van der Waals surface area contributed by atoms with E-state index in [-0.39, 0.29) is 23.2 Å². The molecule has 0 aliphatic carbocycles. The molecular formula is C19H28N4OS. The molecule has 0 N–H and O–H groups in total. The summed E-state index contributed by atoms with van der Waals surface area (Å²) in [6.07, 6.45) is 0. The van der Waals surface area contributed by atoms with Gasteiger partial charge in [0.05, 0.1) is 5.25 Å². The molecule has 0 bridgehead atoms. The maximum atomic E-state index is 12.8. The van der Waals surface area contributed by atoms with Gasteiger partial charge in [-0.2, -0.15) is 0 Å². The molecule has 1 aromatic heterocycles. The maximum Gasteiger partial charge on any atom is 0.236 e. The predicted octanol–water partition coefficient (Wildman–Crippen LogP) is 3.92. The summed E-state index contributed by atoms with van der Waals surface area (Å²) in [6.45, 7) is 12.2. The van der Waals surface area contributed by atoms with Crippen LogP contribution in [0.2, 0.25) is 0 Å². The van der Waals surface area contributed by atoms with Crippen molar-refractivity contribution in [3.05, 3.63) is 29.8 Å². The normalized spacial score (nSPS) is 12.7. The Morgan fingerprint density at radius 1 is 1.08 bits per heavy atom. The van der Waals surface area contributed by atoms with E-state index in [2.05, 4.69) is 23.2 Å². The molecule has 0 spiro atoms. The van der Waals surface area contributed by atoms with Gasteiger partial charge in [-0.3, -0.25) is 4.79 Å². The van der Waals surface area contributed by atoms with E-state index in [9.17, 15) is 4.79 Å². The molecule has 0 saturated carbocycles. The minimum Gasteiger partial charge on any atom is -0.337 e. The lowest BCUT2D eigenvalue weighted by Gasteiger charge is -2.32. The fraction of sp³-hybridized carbons (Fsp3) is 0.526. The summed E-state index contributed by atoms with van der Waals surface area (Å²) in [5, 5.41) is 9.20. The van der Waals surface area contributed by atoms with E-state index in [1.54, 1.807) is 0 Å². The third kappa shape index (κ3) is 4.24. The van der Waals surface area contributed by atoms with Gasteiger partial charge in [-0.1, -0.05) is 36.0 Å². The molecule has 5 nitrogen and oxygen atoms in total. The second-order valence-corrected chi connectivity index (χ2v) is 8.18. The molecule has 1 heterocycles. The van der Waals surface area contributed by atoms with Crippen LogP contribution in [0.5, 0.6) is 0 Å². The summed E-state index contributed by atoms with van der Waals surface area (Å²) in [7, 11) is 1.95. The van der Waals surface area contributed by atoms with Crippen molar-refractivity contribution in [1.29, 1.82) is 0 Å². The first-order chi connectivity index (χ1) is 11.7. The fourth-order valence-corrected chi connectivity index (χ4v) is 3.87. The predicted molar refractivity (Wildman–Crippen MR) is 104 cm³/mol. The standard InChI is InChI=1S/C19H28N4OS/c1-12(2)23(13(3)4)18(24)15(6)25-19-21-20-17(22(19)7)16-11-9-8-10-14(16)5/h8-13,15H,1-7H3/t15-/m0/s1. The van der Waals surface area contributed by atoms with Crippen LogP contribution >= 0.6 is 11.8 Å². The monoisotopic (exact) mass is 360 g/mol. The number of benzene rings is 1. The molecule has 25 heavy (non-hydrogen) atoms. The zero-order valence-corrected chi connectivity index (χ0v) is 17.0. The van der Waals surface area contributed by atoms with E-state index in [4.69, 9.17) is 0 Å². The van der Waals surface area contributed by atoms with Crippen molar-refractivity contribution in [1.82, 2.24) is 19.7 Å². The lowest BCUT2D eigenvalue weighted by atomic mass is 10.1. The molecular weight excluding hydrogens is 332 g/mol. The van der Waals surface area contributed by atoms with Crippen molar-refractivity contribution < 1.29 is 4.79 Å². The summed E-state index contributed by atoms with van der Waals surface area (Å²) in [4.78, 5) is 14.7. The number of rotatable bonds is 6. The fourth-order valence-electron chi connectivity index (χ4n) is 3.00. The summed E-state index contributed by atoms with van der Waals surface area (Å²) in [6, 6.07) is 8.47. The van der Waals surface area contributed by atoms with Crippen LogP contribution in [0.4, 0.5) is 0 Å². The number of thioether (sulfide) groups is 1. The van der Waals surface area contributed by atoms with Gasteiger partial charge < -0.3 is 9.47 Å². The second kappa shape index (κ2) is 8.04. The Hall–Kier alpha value is -1.82. The van der Waals surface area contributed by atoms with E-state index >= 15 is 0 Å². The van der Waals surface area contributed by atoms with Crippen LogP contribution in [0.25, 0.3) is 11.4 Å². The Morgan fingerprint density at radius 3 is 2.24 bits per heavy atom. The first-order valence-electron chi connectivity index (χ1n) is 8.68. The Bertz CT molecular complexity index is 731. The molecule has 1 atom stereocenters. The molecule has 0 aliphatic heterocycles. The summed E-state index contributed by atoms with van der Waals surface area (Å²) < 4.78 is 1.96. The number of carbonyl (C=O) groups is 1. The number of hydrogen-bond acceptors (Lipinski definition) is 4. The molecule has 2 aromatic rings. The number of carbonyl (C=O) groups excluding carboxylic acids is 1. The van der Waals surface area contributed by atoms with Crippen molar-refractivity contribution in [2.24, 2.45) is 7.05 Å². The molecule has 1 aromatic carbocycles. The third-order valence-electron chi connectivity index (χ3n) is 4.22. The molecule has 0 unspecified atom stereocenters. The van der Waals surface area contributed by atoms with Crippen molar-refractivity contribution in [2.75, 3.05) is 0 Å². The first-order valence-corrected chi connectivity index (χ1v) is 9.56. The maximum absolute atomic E-state index is 12.8. The molecule has 0 fully saturated rings. The van der Waals surface area contributed by atoms with Gasteiger partial charge in [0.15, 0.2) is 11.0 Å². The van der Waals surface area contributed by atoms with E-state index in [1.165, 1.54) is 11.8 Å². The van der Waals surface area contributed by atoms with Gasteiger partial charge >= 0.3 is 0 Å². The summed E-state index contributed by atoms with van der Waals surface area (Å²) >= 11 is 1.46. The number of nitrogens with zero attached hydrogens (tertiary/aromatic N) is 4. The van der Waals surface area contributed by atoms with Crippen molar-refractivity contribution in [3.63, 3.8) is 0 Å². The van der Waals surface area contributed by atoms with Gasteiger partial charge in [0, 0.05) is 24.7 Å². The van der Waals surface area contributed by atoms with Crippen LogP contribution in [0.1, 0.15) is 40.2 Å². The number of hydrogen-bond donors (Lipinski definition) is 0. The number of aromatic nitrogens is 3. The smallest absolute Gasteiger partial charge is 0.236 e. The molecule has 6 heteroatoms. The zero-order valence-electron chi connectivity index (χ0n) is 16.1. The minimum atomic E-state index is -0.211. The van der Waals surface area contributed by atoms with Gasteiger partial charge in [0.1, 0.15) is 0 Å². The van der Waals surface area contributed by atoms with Gasteiger partial charge in [-0.25, -0.2) is 0 Å². The highest BCUT2D eigenvalue weighted by Crippen LogP contribution is 2.28. The van der Waals surface area contributed by atoms with Crippen LogP contribution in [0.15, 0.2) is 29.4 Å². The van der Waals surface area contributed by atoms with Gasteiger partial charge in [0.25, 0.3) is 0 Å². The Kier molecular flexibility index (Phi) is 6.27. The van der Waals surface area contributed by atoms with E-state index in [0.29, 0.717) is 0 Å². The molecule has 2 rings (SSSR count). The van der Waals surface area contributed by atoms with Crippen molar-refractivity contribution in [3.8, 4) is 11.4 Å². The molecule has 1 amide bonds. The highest BCUT2D eigenvalue weighted by atomic mass is 32.2. The SMILES string of the molecule is Cc1ccccc1-c1nnc(S[C@@H](C)C(=O)N(C(C)C)C(C)C)n1C. The lowest BCUT2D eigenvalue weighted by molar-refractivity contribution is -0.133. The Labute approximate surface area is 154 Å². The highest BCUT2D eigenvalue weighted by molar-refractivity contribution is 8.00. The molecule has 0 aliphatic rings. The number of aryl methyl sites for hydroxylation is 1. The van der Waals surface area contributed by atoms with Crippen LogP contribution in [-0.4, -0.2) is 42.9 Å².